The van der Waals surface area contributed by atoms with Crippen LogP contribution in [0.2, 0.25) is 5.02 Å². The largest absolute Gasteiger partial charge is 0.492 e. The fourth-order valence-corrected chi connectivity index (χ4v) is 1.84. The van der Waals surface area contributed by atoms with E-state index in [1.165, 1.54) is 7.11 Å². The van der Waals surface area contributed by atoms with Crippen molar-refractivity contribution in [3.63, 3.8) is 0 Å². The molecule has 1 aromatic carbocycles. The van der Waals surface area contributed by atoms with Crippen LogP contribution in [-0.2, 0) is 6.42 Å². The second-order valence-corrected chi connectivity index (χ2v) is 4.14. The van der Waals surface area contributed by atoms with Gasteiger partial charge < -0.3 is 10.5 Å². The third kappa shape index (κ3) is 2.86. The molecule has 0 aliphatic heterocycles. The van der Waals surface area contributed by atoms with Gasteiger partial charge in [-0.15, -0.1) is 0 Å². The fraction of sp³-hybridized carbons (Fsp3) is 0.500. The Labute approximate surface area is 101 Å². The van der Waals surface area contributed by atoms with Crippen molar-refractivity contribution in [2.75, 3.05) is 13.7 Å². The molecule has 90 valence electrons. The average Bonchev–Trinajstić information content (AvgIpc) is 2.26. The molecule has 0 aliphatic carbocycles. The van der Waals surface area contributed by atoms with Crippen LogP contribution in [-0.4, -0.2) is 13.7 Å². The molecular weight excluding hydrogens is 229 g/mol. The van der Waals surface area contributed by atoms with Gasteiger partial charge in [-0.3, -0.25) is 0 Å². The summed E-state index contributed by atoms with van der Waals surface area (Å²) in [6.45, 7) is 2.47. The van der Waals surface area contributed by atoms with Gasteiger partial charge in [0, 0.05) is 0 Å². The lowest BCUT2D eigenvalue weighted by Crippen LogP contribution is -2.02. The van der Waals surface area contributed by atoms with Crippen LogP contribution in [0.15, 0.2) is 6.07 Å². The highest BCUT2D eigenvalue weighted by Crippen LogP contribution is 2.33. The minimum absolute atomic E-state index is 0.143. The third-order valence-corrected chi connectivity index (χ3v) is 2.99. The van der Waals surface area contributed by atoms with Gasteiger partial charge in [0.2, 0.25) is 0 Å². The molecule has 0 aromatic heterocycles. The van der Waals surface area contributed by atoms with Gasteiger partial charge in [0.25, 0.3) is 0 Å². The lowest BCUT2D eigenvalue weighted by Gasteiger charge is -2.11. The molecule has 1 rings (SSSR count). The Bertz CT molecular complexity index is 369. The normalized spacial score (nSPS) is 10.6. The van der Waals surface area contributed by atoms with Crippen LogP contribution in [0.25, 0.3) is 0 Å². The van der Waals surface area contributed by atoms with Crippen molar-refractivity contribution in [2.45, 2.75) is 26.2 Å². The predicted octanol–water partition coefficient (Wildman–Crippen LogP) is 3.08. The highest BCUT2D eigenvalue weighted by molar-refractivity contribution is 6.32. The van der Waals surface area contributed by atoms with Crippen molar-refractivity contribution < 1.29 is 9.13 Å². The zero-order valence-electron chi connectivity index (χ0n) is 9.65. The molecule has 0 bridgehead atoms. The van der Waals surface area contributed by atoms with Crippen molar-refractivity contribution in [2.24, 2.45) is 5.73 Å². The van der Waals surface area contributed by atoms with Crippen LogP contribution >= 0.6 is 11.6 Å². The number of nitrogens with two attached hydrogens (primary N) is 1. The molecule has 0 spiro atoms. The monoisotopic (exact) mass is 245 g/mol. The van der Waals surface area contributed by atoms with Gasteiger partial charge in [0.1, 0.15) is 0 Å². The Morgan fingerprint density at radius 1 is 1.44 bits per heavy atom. The molecule has 0 aliphatic rings. The zero-order chi connectivity index (χ0) is 12.1. The molecule has 0 atom stereocenters. The number of ether oxygens (including phenoxy) is 1. The van der Waals surface area contributed by atoms with Gasteiger partial charge in [-0.25, -0.2) is 4.39 Å². The molecule has 0 fully saturated rings. The number of unbranched alkanes of at least 4 members (excludes halogenated alkanes) is 1. The number of hydrogen-bond donors (Lipinski definition) is 1. The average molecular weight is 246 g/mol. The van der Waals surface area contributed by atoms with E-state index in [2.05, 4.69) is 0 Å². The Morgan fingerprint density at radius 2 is 2.12 bits per heavy atom. The molecule has 0 unspecified atom stereocenters. The van der Waals surface area contributed by atoms with Crippen LogP contribution in [0.4, 0.5) is 4.39 Å². The van der Waals surface area contributed by atoms with E-state index in [9.17, 15) is 4.39 Å². The molecule has 0 radical (unpaired) electrons. The van der Waals surface area contributed by atoms with Crippen molar-refractivity contribution >= 4 is 11.6 Å². The van der Waals surface area contributed by atoms with Crippen molar-refractivity contribution in [3.8, 4) is 5.75 Å². The first-order valence-electron chi connectivity index (χ1n) is 5.33. The van der Waals surface area contributed by atoms with E-state index in [4.69, 9.17) is 22.1 Å². The maximum absolute atomic E-state index is 13.9. The summed E-state index contributed by atoms with van der Waals surface area (Å²) >= 11 is 5.95. The minimum Gasteiger partial charge on any atom is -0.492 e. The van der Waals surface area contributed by atoms with Crippen molar-refractivity contribution in [3.05, 3.63) is 28.0 Å². The first kappa shape index (κ1) is 13.3. The summed E-state index contributed by atoms with van der Waals surface area (Å²) in [6.07, 6.45) is 2.43. The predicted molar refractivity (Wildman–Crippen MR) is 64.7 cm³/mol. The number of benzene rings is 1. The summed E-state index contributed by atoms with van der Waals surface area (Å²) < 4.78 is 18.9. The molecule has 16 heavy (non-hydrogen) atoms. The van der Waals surface area contributed by atoms with Gasteiger partial charge in [0.05, 0.1) is 12.1 Å². The summed E-state index contributed by atoms with van der Waals surface area (Å²) in [7, 11) is 1.42. The topological polar surface area (TPSA) is 35.2 Å². The Hall–Kier alpha value is -0.800. The molecule has 0 saturated heterocycles. The second kappa shape index (κ2) is 6.06. The minimum atomic E-state index is -0.352. The number of hydrogen-bond acceptors (Lipinski definition) is 2. The Kier molecular flexibility index (Phi) is 5.03. The highest BCUT2D eigenvalue weighted by Gasteiger charge is 2.15. The molecular formula is C12H17ClFNO. The molecule has 0 saturated carbocycles. The van der Waals surface area contributed by atoms with Crippen LogP contribution < -0.4 is 10.5 Å². The van der Waals surface area contributed by atoms with E-state index in [1.807, 2.05) is 6.92 Å². The molecule has 1 aromatic rings. The van der Waals surface area contributed by atoms with Crippen molar-refractivity contribution in [1.82, 2.24) is 0 Å². The summed E-state index contributed by atoms with van der Waals surface area (Å²) in [5.74, 6) is -0.209. The first-order chi connectivity index (χ1) is 7.61. The van der Waals surface area contributed by atoms with E-state index in [0.717, 1.165) is 18.4 Å². The van der Waals surface area contributed by atoms with Crippen LogP contribution in [0.3, 0.4) is 0 Å². The summed E-state index contributed by atoms with van der Waals surface area (Å²) in [6, 6.07) is 1.77. The van der Waals surface area contributed by atoms with E-state index < -0.39 is 0 Å². The van der Waals surface area contributed by atoms with E-state index in [-0.39, 0.29) is 11.6 Å². The lowest BCUT2D eigenvalue weighted by molar-refractivity contribution is 0.383. The van der Waals surface area contributed by atoms with Gasteiger partial charge in [-0.1, -0.05) is 17.7 Å². The summed E-state index contributed by atoms with van der Waals surface area (Å²) in [4.78, 5) is 0. The second-order valence-electron chi connectivity index (χ2n) is 3.76. The number of rotatable bonds is 5. The third-order valence-electron chi connectivity index (χ3n) is 2.52. The lowest BCUT2D eigenvalue weighted by atomic mass is 10.0. The maximum atomic E-state index is 13.9. The van der Waals surface area contributed by atoms with E-state index in [0.29, 0.717) is 23.6 Å². The zero-order valence-corrected chi connectivity index (χ0v) is 10.4. The fourth-order valence-electron chi connectivity index (χ4n) is 1.63. The summed E-state index contributed by atoms with van der Waals surface area (Å²) in [5.41, 5.74) is 6.88. The number of aryl methyl sites for hydroxylation is 2. The smallest absolute Gasteiger partial charge is 0.173 e. The molecule has 0 amide bonds. The number of methoxy groups -OCH3 is 1. The molecule has 2 N–H and O–H groups in total. The Balaban J connectivity index is 2.96. The SMILES string of the molecule is COc1c(F)c(CCCCN)cc(C)c1Cl. The van der Waals surface area contributed by atoms with Gasteiger partial charge in [0.15, 0.2) is 11.6 Å². The Morgan fingerprint density at radius 3 is 2.69 bits per heavy atom. The van der Waals surface area contributed by atoms with E-state index >= 15 is 0 Å². The highest BCUT2D eigenvalue weighted by atomic mass is 35.5. The van der Waals surface area contributed by atoms with Crippen LogP contribution in [0.1, 0.15) is 24.0 Å². The van der Waals surface area contributed by atoms with Gasteiger partial charge >= 0.3 is 0 Å². The molecule has 2 nitrogen and oxygen atoms in total. The first-order valence-corrected chi connectivity index (χ1v) is 5.71. The molecule has 4 heteroatoms. The van der Waals surface area contributed by atoms with Gasteiger partial charge in [-0.05, 0) is 43.9 Å². The standard InChI is InChI=1S/C12H17ClFNO/c1-8-7-9(5-3-4-6-15)11(14)12(16-2)10(8)13/h7H,3-6,15H2,1-2H3. The quantitative estimate of drug-likeness (QED) is 0.810. The number of halogens is 2. The van der Waals surface area contributed by atoms with Crippen LogP contribution in [0, 0.1) is 12.7 Å². The molecule has 0 heterocycles. The van der Waals surface area contributed by atoms with E-state index in [1.54, 1.807) is 6.07 Å². The maximum Gasteiger partial charge on any atom is 0.173 e. The van der Waals surface area contributed by atoms with Crippen molar-refractivity contribution in [1.29, 1.82) is 0 Å². The van der Waals surface area contributed by atoms with Gasteiger partial charge in [-0.2, -0.15) is 0 Å². The van der Waals surface area contributed by atoms with Crippen LogP contribution in [0.5, 0.6) is 5.75 Å². The summed E-state index contributed by atoms with van der Waals surface area (Å²) in [5, 5.41) is 0.350.